The lowest BCUT2D eigenvalue weighted by Crippen LogP contribution is -2.46. The van der Waals surface area contributed by atoms with Crippen molar-refractivity contribution in [3.05, 3.63) is 84.2 Å². The Labute approximate surface area is 209 Å². The topological polar surface area (TPSA) is 83.5 Å². The highest BCUT2D eigenvalue weighted by Crippen LogP contribution is 2.33. The molecule has 1 saturated heterocycles. The second-order valence-corrected chi connectivity index (χ2v) is 11.6. The number of amides is 1. The number of carbonyl (C=O) groups is 1. The van der Waals surface area contributed by atoms with E-state index in [-0.39, 0.29) is 23.9 Å². The van der Waals surface area contributed by atoms with Gasteiger partial charge < -0.3 is 0 Å². The summed E-state index contributed by atoms with van der Waals surface area (Å²) in [6, 6.07) is 20.0. The molecule has 1 aliphatic heterocycles. The molecule has 1 aliphatic rings. The van der Waals surface area contributed by atoms with Crippen molar-refractivity contribution in [1.82, 2.24) is 14.3 Å². The molecular formula is C26H26N4O3S2. The standard InChI is InChI=1S/C26H26N4O3S2/c1-19-9-7-14-23-24(19)28-26(34-23)30(18-21-11-5-6-15-27-21)25(31)20-10-8-16-29(17-20)35(32,33)22-12-3-2-4-13-22/h2-7,9,11-15,20H,8,10,16-18H2,1H3. The number of benzene rings is 2. The smallest absolute Gasteiger partial charge is 0.243 e. The van der Waals surface area contributed by atoms with Gasteiger partial charge in [0.25, 0.3) is 0 Å². The van der Waals surface area contributed by atoms with Gasteiger partial charge in [0.2, 0.25) is 15.9 Å². The quantitative estimate of drug-likeness (QED) is 0.381. The van der Waals surface area contributed by atoms with E-state index in [9.17, 15) is 13.2 Å². The van der Waals surface area contributed by atoms with Crippen molar-refractivity contribution in [2.24, 2.45) is 5.92 Å². The number of rotatable bonds is 6. The Bertz CT molecular complexity index is 1440. The Balaban J connectivity index is 1.46. The van der Waals surface area contributed by atoms with E-state index >= 15 is 0 Å². The maximum atomic E-state index is 13.9. The number of carbonyl (C=O) groups excluding carboxylic acids is 1. The van der Waals surface area contributed by atoms with Gasteiger partial charge in [0.15, 0.2) is 5.13 Å². The number of aromatic nitrogens is 2. The van der Waals surface area contributed by atoms with Crippen molar-refractivity contribution in [2.75, 3.05) is 18.0 Å². The van der Waals surface area contributed by atoms with Crippen LogP contribution >= 0.6 is 11.3 Å². The van der Waals surface area contributed by atoms with E-state index in [1.807, 2.05) is 43.3 Å². The summed E-state index contributed by atoms with van der Waals surface area (Å²) in [5, 5.41) is 0.605. The van der Waals surface area contributed by atoms with Crippen LogP contribution in [0, 0.1) is 12.8 Å². The number of pyridine rings is 1. The SMILES string of the molecule is Cc1cccc2sc(N(Cc3ccccn3)C(=O)C3CCCN(S(=O)(=O)c4ccccc4)C3)nc12. The number of fused-ring (bicyclic) bond motifs is 1. The van der Waals surface area contributed by atoms with Crippen molar-refractivity contribution < 1.29 is 13.2 Å². The molecule has 2 aromatic heterocycles. The Kier molecular flexibility index (Phi) is 6.64. The third kappa shape index (κ3) is 4.84. The van der Waals surface area contributed by atoms with Crippen molar-refractivity contribution in [3.63, 3.8) is 0 Å². The molecule has 9 heteroatoms. The van der Waals surface area contributed by atoms with Crippen molar-refractivity contribution in [3.8, 4) is 0 Å². The zero-order chi connectivity index (χ0) is 24.4. The van der Waals surface area contributed by atoms with Crippen molar-refractivity contribution >= 4 is 42.6 Å². The first kappa shape index (κ1) is 23.6. The number of aryl methyl sites for hydroxylation is 1. The second kappa shape index (κ2) is 9.85. The second-order valence-electron chi connectivity index (χ2n) is 8.68. The molecule has 1 fully saturated rings. The average Bonchev–Trinajstić information content (AvgIpc) is 3.33. The van der Waals surface area contributed by atoms with E-state index in [0.717, 1.165) is 21.5 Å². The van der Waals surface area contributed by atoms with Crippen LogP contribution in [0.3, 0.4) is 0 Å². The average molecular weight is 507 g/mol. The van der Waals surface area contributed by atoms with Gasteiger partial charge >= 0.3 is 0 Å². The molecule has 2 aromatic carbocycles. The molecule has 4 aromatic rings. The summed E-state index contributed by atoms with van der Waals surface area (Å²) in [4.78, 5) is 25.1. The lowest BCUT2D eigenvalue weighted by Gasteiger charge is -2.33. The highest BCUT2D eigenvalue weighted by molar-refractivity contribution is 7.89. The Morgan fingerprint density at radius 3 is 2.63 bits per heavy atom. The van der Waals surface area contributed by atoms with Crippen LogP contribution in [0.1, 0.15) is 24.1 Å². The summed E-state index contributed by atoms with van der Waals surface area (Å²) in [5.41, 5.74) is 2.68. The molecule has 1 unspecified atom stereocenters. The van der Waals surface area contributed by atoms with Gasteiger partial charge in [-0.1, -0.05) is 47.7 Å². The molecule has 0 N–H and O–H groups in total. The molecule has 1 atom stereocenters. The summed E-state index contributed by atoms with van der Waals surface area (Å²) in [5.74, 6) is -0.584. The molecule has 0 saturated carbocycles. The van der Waals surface area contributed by atoms with Crippen LogP contribution in [0.15, 0.2) is 77.8 Å². The third-order valence-electron chi connectivity index (χ3n) is 6.27. The number of sulfonamides is 1. The maximum Gasteiger partial charge on any atom is 0.243 e. The largest absolute Gasteiger partial charge is 0.282 e. The summed E-state index contributed by atoms with van der Waals surface area (Å²) >= 11 is 1.47. The van der Waals surface area contributed by atoms with Crippen LogP contribution in [-0.2, 0) is 21.4 Å². The minimum Gasteiger partial charge on any atom is -0.282 e. The monoisotopic (exact) mass is 506 g/mol. The zero-order valence-electron chi connectivity index (χ0n) is 19.4. The number of para-hydroxylation sites is 1. The van der Waals surface area contributed by atoms with Crippen LogP contribution < -0.4 is 4.90 Å². The van der Waals surface area contributed by atoms with Gasteiger partial charge in [-0.15, -0.1) is 0 Å². The fraction of sp³-hybridized carbons (Fsp3) is 0.269. The summed E-state index contributed by atoms with van der Waals surface area (Å²) in [6.45, 7) is 2.84. The Morgan fingerprint density at radius 2 is 1.89 bits per heavy atom. The summed E-state index contributed by atoms with van der Waals surface area (Å²) < 4.78 is 28.9. The van der Waals surface area contributed by atoms with Crippen LogP contribution in [0.5, 0.6) is 0 Å². The molecule has 5 rings (SSSR count). The van der Waals surface area contributed by atoms with E-state index in [1.54, 1.807) is 41.4 Å². The van der Waals surface area contributed by atoms with Crippen LogP contribution in [0.4, 0.5) is 5.13 Å². The Hall–Kier alpha value is -3.14. The van der Waals surface area contributed by atoms with Gasteiger partial charge in [-0.3, -0.25) is 14.7 Å². The minimum atomic E-state index is -3.67. The highest BCUT2D eigenvalue weighted by Gasteiger charge is 2.36. The Morgan fingerprint density at radius 1 is 1.09 bits per heavy atom. The maximum absolute atomic E-state index is 13.9. The number of hydrogen-bond acceptors (Lipinski definition) is 6. The number of hydrogen-bond donors (Lipinski definition) is 0. The molecule has 0 bridgehead atoms. The van der Waals surface area contributed by atoms with E-state index in [0.29, 0.717) is 24.5 Å². The molecule has 0 spiro atoms. The van der Waals surface area contributed by atoms with E-state index in [4.69, 9.17) is 4.98 Å². The molecular weight excluding hydrogens is 480 g/mol. The van der Waals surface area contributed by atoms with Crippen molar-refractivity contribution in [1.29, 1.82) is 0 Å². The fourth-order valence-electron chi connectivity index (χ4n) is 4.41. The number of thiazole rings is 1. The van der Waals surface area contributed by atoms with Gasteiger partial charge in [0.1, 0.15) is 0 Å². The van der Waals surface area contributed by atoms with Crippen LogP contribution in [0.2, 0.25) is 0 Å². The van der Waals surface area contributed by atoms with E-state index in [1.165, 1.54) is 15.6 Å². The minimum absolute atomic E-state index is 0.125. The lowest BCUT2D eigenvalue weighted by molar-refractivity contribution is -0.123. The molecule has 0 radical (unpaired) electrons. The van der Waals surface area contributed by atoms with Gasteiger partial charge in [-0.05, 0) is 55.7 Å². The first-order valence-corrected chi connectivity index (χ1v) is 13.8. The van der Waals surface area contributed by atoms with Gasteiger partial charge in [0, 0.05) is 19.3 Å². The van der Waals surface area contributed by atoms with E-state index < -0.39 is 15.9 Å². The number of nitrogens with zero attached hydrogens (tertiary/aromatic N) is 4. The predicted octanol–water partition coefficient (Wildman–Crippen LogP) is 4.63. The van der Waals surface area contributed by atoms with E-state index in [2.05, 4.69) is 4.98 Å². The zero-order valence-corrected chi connectivity index (χ0v) is 21.0. The lowest BCUT2D eigenvalue weighted by atomic mass is 9.98. The van der Waals surface area contributed by atoms with Gasteiger partial charge in [-0.25, -0.2) is 13.4 Å². The normalized spacial score (nSPS) is 16.9. The fourth-order valence-corrected chi connectivity index (χ4v) is 7.00. The summed E-state index contributed by atoms with van der Waals surface area (Å²) in [7, 11) is -3.67. The number of anilines is 1. The molecule has 7 nitrogen and oxygen atoms in total. The first-order valence-electron chi connectivity index (χ1n) is 11.6. The van der Waals surface area contributed by atoms with Gasteiger partial charge in [0.05, 0.1) is 33.3 Å². The molecule has 180 valence electrons. The molecule has 1 amide bonds. The highest BCUT2D eigenvalue weighted by atomic mass is 32.2. The molecule has 35 heavy (non-hydrogen) atoms. The van der Waals surface area contributed by atoms with Crippen molar-refractivity contribution in [2.45, 2.75) is 31.2 Å². The molecule has 0 aliphatic carbocycles. The van der Waals surface area contributed by atoms with Crippen LogP contribution in [-0.4, -0.2) is 41.7 Å². The molecule has 3 heterocycles. The van der Waals surface area contributed by atoms with Crippen LogP contribution in [0.25, 0.3) is 10.2 Å². The van der Waals surface area contributed by atoms with Gasteiger partial charge in [-0.2, -0.15) is 4.31 Å². The third-order valence-corrected chi connectivity index (χ3v) is 9.19. The summed E-state index contributed by atoms with van der Waals surface area (Å²) in [6.07, 6.45) is 2.95. The number of piperidine rings is 1. The first-order chi connectivity index (χ1) is 16.9. The predicted molar refractivity (Wildman–Crippen MR) is 138 cm³/mol.